The number of nitro groups is 1. The first-order chi connectivity index (χ1) is 11.0. The normalized spacial score (nSPS) is 10.7. The molecule has 1 heterocycles. The zero-order chi connectivity index (χ0) is 16.6. The summed E-state index contributed by atoms with van der Waals surface area (Å²) in [6, 6.07) is 14.2. The number of benzene rings is 2. The van der Waals surface area contributed by atoms with Crippen LogP contribution < -0.4 is 4.68 Å². The van der Waals surface area contributed by atoms with Crippen molar-refractivity contribution in [3.8, 4) is 16.8 Å². The van der Waals surface area contributed by atoms with Gasteiger partial charge in [0.15, 0.2) is 0 Å². The Hall–Kier alpha value is -2.66. The van der Waals surface area contributed by atoms with Gasteiger partial charge < -0.3 is 0 Å². The molecule has 0 radical (unpaired) electrons. The van der Waals surface area contributed by atoms with Crippen molar-refractivity contribution in [2.45, 2.75) is 13.8 Å². The SMILES string of the molecule is Cc1[nH][n+](-c2cccc(Cl)c2)c(C)c1-c1cccc([N+](=O)[O-])c1. The number of halogens is 1. The summed E-state index contributed by atoms with van der Waals surface area (Å²) in [4.78, 5) is 10.6. The molecule has 0 amide bonds. The summed E-state index contributed by atoms with van der Waals surface area (Å²) in [5, 5.41) is 14.9. The topological polar surface area (TPSA) is 62.8 Å². The number of aromatic nitrogens is 2. The highest BCUT2D eigenvalue weighted by Gasteiger charge is 2.23. The molecule has 0 saturated heterocycles. The maximum Gasteiger partial charge on any atom is 0.270 e. The zero-order valence-corrected chi connectivity index (χ0v) is 13.5. The maximum atomic E-state index is 11.0. The van der Waals surface area contributed by atoms with Crippen molar-refractivity contribution in [3.63, 3.8) is 0 Å². The largest absolute Gasteiger partial charge is 0.270 e. The monoisotopic (exact) mass is 328 g/mol. The Morgan fingerprint density at radius 3 is 2.57 bits per heavy atom. The van der Waals surface area contributed by atoms with E-state index in [2.05, 4.69) is 5.10 Å². The van der Waals surface area contributed by atoms with Crippen LogP contribution in [0.5, 0.6) is 0 Å². The summed E-state index contributed by atoms with van der Waals surface area (Å²) in [6.45, 7) is 3.92. The van der Waals surface area contributed by atoms with Crippen molar-refractivity contribution in [1.82, 2.24) is 5.10 Å². The summed E-state index contributed by atoms with van der Waals surface area (Å²) in [5.41, 5.74) is 4.65. The van der Waals surface area contributed by atoms with Gasteiger partial charge in [-0.25, -0.2) is 0 Å². The molecule has 0 unspecified atom stereocenters. The highest BCUT2D eigenvalue weighted by molar-refractivity contribution is 6.30. The molecular weight excluding hydrogens is 314 g/mol. The lowest BCUT2D eigenvalue weighted by atomic mass is 10.0. The minimum atomic E-state index is -0.383. The van der Waals surface area contributed by atoms with E-state index in [0.29, 0.717) is 5.02 Å². The molecule has 0 aliphatic carbocycles. The first-order valence-corrected chi connectivity index (χ1v) is 7.47. The molecule has 116 valence electrons. The third-order valence-electron chi connectivity index (χ3n) is 3.76. The third kappa shape index (κ3) is 2.83. The van der Waals surface area contributed by atoms with Crippen LogP contribution >= 0.6 is 11.6 Å². The second-order valence-corrected chi connectivity index (χ2v) is 5.76. The average Bonchev–Trinajstić information content (AvgIpc) is 2.82. The van der Waals surface area contributed by atoms with Gasteiger partial charge in [0, 0.05) is 36.2 Å². The summed E-state index contributed by atoms with van der Waals surface area (Å²) in [7, 11) is 0. The lowest BCUT2D eigenvalue weighted by Gasteiger charge is -1.99. The van der Waals surface area contributed by atoms with E-state index in [0.717, 1.165) is 28.2 Å². The Morgan fingerprint density at radius 2 is 1.87 bits per heavy atom. The molecule has 0 atom stereocenters. The molecule has 0 aliphatic rings. The number of nitrogens with one attached hydrogen (secondary N) is 1. The Balaban J connectivity index is 2.15. The lowest BCUT2D eigenvalue weighted by Crippen LogP contribution is -2.35. The molecule has 0 bridgehead atoms. The molecule has 6 heteroatoms. The zero-order valence-electron chi connectivity index (χ0n) is 12.7. The highest BCUT2D eigenvalue weighted by Crippen LogP contribution is 2.28. The second-order valence-electron chi connectivity index (χ2n) is 5.32. The van der Waals surface area contributed by atoms with Crippen LogP contribution in [0.3, 0.4) is 0 Å². The van der Waals surface area contributed by atoms with Gasteiger partial charge in [0.05, 0.1) is 16.2 Å². The fourth-order valence-electron chi connectivity index (χ4n) is 2.76. The fraction of sp³-hybridized carbons (Fsp3) is 0.118. The third-order valence-corrected chi connectivity index (χ3v) is 4.00. The van der Waals surface area contributed by atoms with Gasteiger partial charge in [-0.1, -0.05) is 34.5 Å². The van der Waals surface area contributed by atoms with Gasteiger partial charge in [0.2, 0.25) is 11.4 Å². The predicted octanol–water partition coefficient (Wildman–Crippen LogP) is 4.14. The predicted molar refractivity (Wildman–Crippen MR) is 88.9 cm³/mol. The van der Waals surface area contributed by atoms with Gasteiger partial charge >= 0.3 is 0 Å². The Kier molecular flexibility index (Phi) is 3.88. The molecule has 5 nitrogen and oxygen atoms in total. The standard InChI is InChI=1S/C17H14ClN3O2/c1-11-17(13-5-3-8-16(9-13)21(22)23)12(2)20(19-11)15-7-4-6-14(18)10-15/h3-10H,1-2H3/p+1. The molecule has 23 heavy (non-hydrogen) atoms. The van der Waals surface area contributed by atoms with Crippen LogP contribution in [-0.4, -0.2) is 10.0 Å². The van der Waals surface area contributed by atoms with Gasteiger partial charge in [-0.2, -0.15) is 5.10 Å². The second kappa shape index (κ2) is 5.85. The summed E-state index contributed by atoms with van der Waals surface area (Å²) in [5.74, 6) is 0. The van der Waals surface area contributed by atoms with E-state index >= 15 is 0 Å². The molecule has 1 aromatic heterocycles. The maximum absolute atomic E-state index is 11.0. The van der Waals surface area contributed by atoms with Crippen molar-refractivity contribution in [3.05, 3.63) is 75.1 Å². The summed E-state index contributed by atoms with van der Waals surface area (Å²) >= 11 is 6.06. The molecule has 0 fully saturated rings. The van der Waals surface area contributed by atoms with Crippen LogP contribution in [0, 0.1) is 24.0 Å². The van der Waals surface area contributed by atoms with Crippen LogP contribution in [0.1, 0.15) is 11.4 Å². The van der Waals surface area contributed by atoms with E-state index < -0.39 is 0 Å². The number of nitro benzene ring substituents is 1. The van der Waals surface area contributed by atoms with Crippen molar-refractivity contribution in [2.24, 2.45) is 0 Å². The number of hydrogen-bond donors (Lipinski definition) is 1. The molecular formula is C17H15ClN3O2+. The van der Waals surface area contributed by atoms with Crippen LogP contribution in [0.2, 0.25) is 5.02 Å². The van der Waals surface area contributed by atoms with E-state index in [1.165, 1.54) is 6.07 Å². The molecule has 3 rings (SSSR count). The van der Waals surface area contributed by atoms with Gasteiger partial charge in [-0.3, -0.25) is 10.1 Å². The van der Waals surface area contributed by atoms with E-state index in [9.17, 15) is 10.1 Å². The number of aromatic amines is 1. The van der Waals surface area contributed by atoms with Crippen LogP contribution in [-0.2, 0) is 0 Å². The number of hydrogen-bond acceptors (Lipinski definition) is 2. The number of non-ortho nitro benzene ring substituents is 1. The number of aryl methyl sites for hydroxylation is 1. The highest BCUT2D eigenvalue weighted by atomic mass is 35.5. The van der Waals surface area contributed by atoms with Crippen molar-refractivity contribution < 1.29 is 9.61 Å². The van der Waals surface area contributed by atoms with Gasteiger partial charge in [0.1, 0.15) is 0 Å². The van der Waals surface area contributed by atoms with Gasteiger partial charge in [-0.15, -0.1) is 0 Å². The molecule has 0 aliphatic heterocycles. The van der Waals surface area contributed by atoms with E-state index in [-0.39, 0.29) is 10.6 Å². The number of H-pyrrole nitrogens is 1. The van der Waals surface area contributed by atoms with Crippen molar-refractivity contribution in [2.75, 3.05) is 0 Å². The fourth-order valence-corrected chi connectivity index (χ4v) is 2.95. The van der Waals surface area contributed by atoms with Crippen LogP contribution in [0.25, 0.3) is 16.8 Å². The Bertz CT molecular complexity index is 903. The van der Waals surface area contributed by atoms with Gasteiger partial charge in [0.25, 0.3) is 5.69 Å². The average molecular weight is 329 g/mol. The van der Waals surface area contributed by atoms with Crippen molar-refractivity contribution in [1.29, 1.82) is 0 Å². The minimum Gasteiger partial charge on any atom is -0.258 e. The smallest absolute Gasteiger partial charge is 0.258 e. The molecule has 0 saturated carbocycles. The molecule has 1 N–H and O–H groups in total. The van der Waals surface area contributed by atoms with Crippen LogP contribution in [0.4, 0.5) is 5.69 Å². The van der Waals surface area contributed by atoms with Crippen molar-refractivity contribution >= 4 is 17.3 Å². The number of nitrogens with zero attached hydrogens (tertiary/aromatic N) is 2. The first-order valence-electron chi connectivity index (χ1n) is 7.09. The molecule has 0 spiro atoms. The summed E-state index contributed by atoms with van der Waals surface area (Å²) < 4.78 is 1.93. The quantitative estimate of drug-likeness (QED) is 0.446. The summed E-state index contributed by atoms with van der Waals surface area (Å²) in [6.07, 6.45) is 0. The Morgan fingerprint density at radius 1 is 1.13 bits per heavy atom. The van der Waals surface area contributed by atoms with Crippen LogP contribution in [0.15, 0.2) is 48.5 Å². The van der Waals surface area contributed by atoms with E-state index in [1.807, 2.05) is 48.9 Å². The molecule has 2 aromatic carbocycles. The van der Waals surface area contributed by atoms with Gasteiger partial charge in [-0.05, 0) is 18.6 Å². The lowest BCUT2D eigenvalue weighted by molar-refractivity contribution is -0.661. The molecule has 3 aromatic rings. The first kappa shape index (κ1) is 15.2. The minimum absolute atomic E-state index is 0.0804. The Labute approximate surface area is 138 Å². The number of rotatable bonds is 3. The van der Waals surface area contributed by atoms with E-state index in [4.69, 9.17) is 11.6 Å². The van der Waals surface area contributed by atoms with E-state index in [1.54, 1.807) is 12.1 Å².